The Kier molecular flexibility index (Phi) is 11.9. The number of thiazole rings is 1. The number of alkyl halides is 6. The number of aliphatic carboxylic acids is 2. The third-order valence-corrected chi connectivity index (χ3v) is 6.61. The number of nitrogens with zero attached hydrogens (tertiary/aromatic N) is 5. The van der Waals surface area contributed by atoms with E-state index in [1.165, 1.54) is 10.6 Å². The molecule has 2 aromatic heterocycles. The van der Waals surface area contributed by atoms with Crippen LogP contribution in [0.15, 0.2) is 18.0 Å². The average molecular weight is 604 g/mol. The maximum atomic E-state index is 12.2. The van der Waals surface area contributed by atoms with Crippen LogP contribution in [0.1, 0.15) is 35.1 Å². The number of aryl methyl sites for hydroxylation is 1. The molecule has 2 aliphatic heterocycles. The molecule has 2 N–H and O–H groups in total. The summed E-state index contributed by atoms with van der Waals surface area (Å²) in [6.45, 7) is 7.17. The monoisotopic (exact) mass is 603 g/mol. The number of imidazole rings is 1. The number of hydrogen-bond donors (Lipinski definition) is 2. The predicted molar refractivity (Wildman–Crippen MR) is 126 cm³/mol. The number of halogens is 6. The molecule has 1 saturated heterocycles. The van der Waals surface area contributed by atoms with Crippen molar-refractivity contribution in [3.8, 4) is 0 Å². The summed E-state index contributed by atoms with van der Waals surface area (Å²) in [4.78, 5) is 44.2. The molecule has 11 nitrogen and oxygen atoms in total. The molecule has 0 bridgehead atoms. The Morgan fingerprint density at radius 1 is 1.07 bits per heavy atom. The molecule has 1 amide bonds. The highest BCUT2D eigenvalue weighted by molar-refractivity contribution is 7.09. The SMILES string of the molecule is Cc1ncsc1CN1Cc2cncn2C(COCC(=O)N2CCCC2)C1.O=C(O)C(F)(F)F.O=C(O)C(F)(F)F. The number of carboxylic acids is 2. The number of carbonyl (C=O) groups is 3. The minimum absolute atomic E-state index is 0.112. The number of carbonyl (C=O) groups excluding carboxylic acids is 1. The molecule has 0 saturated carbocycles. The molecular formula is C22H27F6N5O6S. The number of likely N-dealkylation sites (tertiary alicyclic amines) is 1. The van der Waals surface area contributed by atoms with E-state index in [2.05, 4.69) is 26.4 Å². The van der Waals surface area contributed by atoms with Crippen molar-refractivity contribution in [2.75, 3.05) is 32.8 Å². The first-order valence-electron chi connectivity index (χ1n) is 11.7. The summed E-state index contributed by atoms with van der Waals surface area (Å²) >= 11 is 1.71. The molecule has 1 unspecified atom stereocenters. The summed E-state index contributed by atoms with van der Waals surface area (Å²) in [7, 11) is 0. The lowest BCUT2D eigenvalue weighted by Gasteiger charge is -2.34. The van der Waals surface area contributed by atoms with Crippen LogP contribution in [0.4, 0.5) is 26.3 Å². The number of aromatic nitrogens is 3. The van der Waals surface area contributed by atoms with Gasteiger partial charge in [-0.05, 0) is 19.8 Å². The lowest BCUT2D eigenvalue weighted by Crippen LogP contribution is -2.39. The van der Waals surface area contributed by atoms with Gasteiger partial charge in [-0.1, -0.05) is 0 Å². The number of carboxylic acid groups (broad SMARTS) is 2. The fraction of sp³-hybridized carbons (Fsp3) is 0.591. The topological polar surface area (TPSA) is 138 Å². The first kappa shape index (κ1) is 33.0. The van der Waals surface area contributed by atoms with Crippen LogP contribution in [0, 0.1) is 6.92 Å². The van der Waals surface area contributed by atoms with E-state index in [1.807, 2.05) is 22.9 Å². The van der Waals surface area contributed by atoms with Crippen molar-refractivity contribution in [3.05, 3.63) is 34.3 Å². The van der Waals surface area contributed by atoms with Crippen LogP contribution in [-0.4, -0.2) is 97.6 Å². The second-order valence-corrected chi connectivity index (χ2v) is 9.62. The second kappa shape index (κ2) is 14.4. The summed E-state index contributed by atoms with van der Waals surface area (Å²) in [6.07, 6.45) is -4.15. The third kappa shape index (κ3) is 10.4. The normalized spacial score (nSPS) is 17.3. The minimum Gasteiger partial charge on any atom is -0.475 e. The lowest BCUT2D eigenvalue weighted by atomic mass is 10.2. The van der Waals surface area contributed by atoms with Gasteiger partial charge in [0.25, 0.3) is 0 Å². The molecule has 0 radical (unpaired) electrons. The van der Waals surface area contributed by atoms with Crippen molar-refractivity contribution >= 4 is 29.2 Å². The van der Waals surface area contributed by atoms with Crippen molar-refractivity contribution in [2.24, 2.45) is 0 Å². The molecule has 40 heavy (non-hydrogen) atoms. The van der Waals surface area contributed by atoms with Crippen LogP contribution in [0.5, 0.6) is 0 Å². The number of ether oxygens (including phenoxy) is 1. The molecular weight excluding hydrogens is 576 g/mol. The van der Waals surface area contributed by atoms with Crippen LogP contribution in [0.2, 0.25) is 0 Å². The van der Waals surface area contributed by atoms with Crippen LogP contribution < -0.4 is 0 Å². The van der Waals surface area contributed by atoms with Crippen LogP contribution in [-0.2, 0) is 32.2 Å². The second-order valence-electron chi connectivity index (χ2n) is 8.69. The van der Waals surface area contributed by atoms with Gasteiger partial charge in [0.15, 0.2) is 0 Å². The fourth-order valence-corrected chi connectivity index (χ4v) is 4.56. The Morgan fingerprint density at radius 3 is 2.15 bits per heavy atom. The highest BCUT2D eigenvalue weighted by atomic mass is 32.1. The van der Waals surface area contributed by atoms with E-state index in [0.29, 0.717) is 6.61 Å². The zero-order chi connectivity index (χ0) is 30.1. The van der Waals surface area contributed by atoms with E-state index in [1.54, 1.807) is 11.3 Å². The van der Waals surface area contributed by atoms with Crippen molar-refractivity contribution < 1.29 is 55.7 Å². The molecule has 0 aromatic carbocycles. The highest BCUT2D eigenvalue weighted by Crippen LogP contribution is 2.25. The summed E-state index contributed by atoms with van der Waals surface area (Å²) in [5.41, 5.74) is 4.21. The van der Waals surface area contributed by atoms with Gasteiger partial charge >= 0.3 is 24.3 Å². The quantitative estimate of drug-likeness (QED) is 0.477. The summed E-state index contributed by atoms with van der Waals surface area (Å²) in [5, 5.41) is 14.2. The summed E-state index contributed by atoms with van der Waals surface area (Å²) < 4.78 is 71.5. The van der Waals surface area contributed by atoms with E-state index >= 15 is 0 Å². The van der Waals surface area contributed by atoms with Gasteiger partial charge in [-0.15, -0.1) is 11.3 Å². The van der Waals surface area contributed by atoms with Gasteiger partial charge in [0.1, 0.15) is 6.61 Å². The van der Waals surface area contributed by atoms with E-state index in [-0.39, 0.29) is 18.6 Å². The van der Waals surface area contributed by atoms with Gasteiger partial charge < -0.3 is 24.4 Å². The van der Waals surface area contributed by atoms with Crippen molar-refractivity contribution in [2.45, 2.75) is 51.2 Å². The molecule has 4 rings (SSSR count). The minimum atomic E-state index is -5.08. The van der Waals surface area contributed by atoms with E-state index in [9.17, 15) is 31.1 Å². The average Bonchev–Trinajstić information content (AvgIpc) is 3.61. The maximum Gasteiger partial charge on any atom is 0.490 e. The van der Waals surface area contributed by atoms with Crippen molar-refractivity contribution in [1.82, 2.24) is 24.3 Å². The van der Waals surface area contributed by atoms with Crippen LogP contribution in [0.25, 0.3) is 0 Å². The lowest BCUT2D eigenvalue weighted by molar-refractivity contribution is -0.193. The number of fused-ring (bicyclic) bond motifs is 1. The van der Waals surface area contributed by atoms with Gasteiger partial charge in [-0.2, -0.15) is 26.3 Å². The highest BCUT2D eigenvalue weighted by Gasteiger charge is 2.39. The zero-order valence-corrected chi connectivity index (χ0v) is 21.9. The first-order chi connectivity index (χ1) is 18.6. The molecule has 1 atom stereocenters. The molecule has 18 heteroatoms. The number of rotatable bonds is 6. The molecule has 1 fully saturated rings. The Bertz CT molecular complexity index is 1110. The predicted octanol–water partition coefficient (Wildman–Crippen LogP) is 3.11. The molecule has 2 aromatic rings. The standard InChI is InChI=1S/C18H25N5O2S.2C2HF3O2/c1-14-17(26-13-20-14)9-21-7-15-6-19-12-23(15)16(8-21)10-25-11-18(24)22-4-2-3-5-22;2*3-2(4,5)1(6)7/h6,12-13,16H,2-5,7-11H2,1H3;2*(H,6,7). The van der Waals surface area contributed by atoms with E-state index in [0.717, 1.165) is 51.3 Å². The Hall–Kier alpha value is -3.25. The van der Waals surface area contributed by atoms with Crippen molar-refractivity contribution in [1.29, 1.82) is 0 Å². The number of hydrogen-bond acceptors (Lipinski definition) is 8. The smallest absolute Gasteiger partial charge is 0.475 e. The largest absolute Gasteiger partial charge is 0.490 e. The summed E-state index contributed by atoms with van der Waals surface area (Å²) in [6, 6.07) is 0.181. The Balaban J connectivity index is 0.000000333. The van der Waals surface area contributed by atoms with Gasteiger partial charge in [-0.3, -0.25) is 9.69 Å². The molecule has 4 heterocycles. The van der Waals surface area contributed by atoms with E-state index < -0.39 is 24.3 Å². The Labute approximate surface area is 228 Å². The molecule has 0 aliphatic carbocycles. The van der Waals surface area contributed by atoms with E-state index in [4.69, 9.17) is 24.5 Å². The number of amides is 1. The molecule has 224 valence electrons. The first-order valence-corrected chi connectivity index (χ1v) is 12.5. The van der Waals surface area contributed by atoms with Gasteiger partial charge in [-0.25, -0.2) is 19.6 Å². The van der Waals surface area contributed by atoms with Crippen LogP contribution in [0.3, 0.4) is 0 Å². The van der Waals surface area contributed by atoms with Crippen LogP contribution >= 0.6 is 11.3 Å². The van der Waals surface area contributed by atoms with Gasteiger partial charge in [0.2, 0.25) is 5.91 Å². The zero-order valence-electron chi connectivity index (χ0n) is 21.1. The Morgan fingerprint density at radius 2 is 1.65 bits per heavy atom. The van der Waals surface area contributed by atoms with Gasteiger partial charge in [0.05, 0.1) is 35.9 Å². The van der Waals surface area contributed by atoms with Crippen molar-refractivity contribution in [3.63, 3.8) is 0 Å². The third-order valence-electron chi connectivity index (χ3n) is 5.69. The van der Waals surface area contributed by atoms with Gasteiger partial charge in [0, 0.05) is 43.8 Å². The maximum absolute atomic E-state index is 12.2. The molecule has 2 aliphatic rings. The fourth-order valence-electron chi connectivity index (χ4n) is 3.74. The molecule has 0 spiro atoms. The summed E-state index contributed by atoms with van der Waals surface area (Å²) in [5.74, 6) is -5.40.